The van der Waals surface area contributed by atoms with Crippen molar-refractivity contribution in [3.05, 3.63) is 48.0 Å². The standard InChI is InChI=1S/C17H17F2N3OS/c1-10(23-2)9-20-17-21-16-12(6-4-8-14(16)24-22-17)11-5-3-7-13(18)15(11)19/h3-8,10H,9H2,1-2H3,(H2,20,21,22)/t10-/m1/s1. The van der Waals surface area contributed by atoms with Gasteiger partial charge in [0.05, 0.1) is 23.2 Å². The smallest absolute Gasteiger partial charge is 0.206 e. The number of methoxy groups -OCH3 is 1. The predicted molar refractivity (Wildman–Crippen MR) is 93.2 cm³/mol. The molecule has 24 heavy (non-hydrogen) atoms. The minimum atomic E-state index is -0.866. The molecule has 0 fully saturated rings. The molecule has 1 heterocycles. The number of ether oxygens (including phenoxy) is 1. The van der Waals surface area contributed by atoms with Crippen molar-refractivity contribution in [3.63, 3.8) is 0 Å². The Morgan fingerprint density at radius 3 is 2.71 bits per heavy atom. The molecule has 0 spiro atoms. The molecule has 4 nitrogen and oxygen atoms in total. The summed E-state index contributed by atoms with van der Waals surface area (Å²) in [7, 11) is 1.63. The SMILES string of the molecule is CO[C@H](C)CN=C1NSc2cccc(-c3cccc(F)c3F)c2N1. The largest absolute Gasteiger partial charge is 0.380 e. The molecule has 0 aromatic heterocycles. The van der Waals surface area contributed by atoms with E-state index in [-0.39, 0.29) is 11.7 Å². The third-order valence-electron chi connectivity index (χ3n) is 3.68. The Balaban J connectivity index is 1.97. The molecule has 1 aliphatic rings. The molecule has 2 aromatic carbocycles. The number of halogens is 2. The minimum Gasteiger partial charge on any atom is -0.380 e. The number of nitrogens with one attached hydrogen (secondary N) is 2. The van der Waals surface area contributed by atoms with Crippen LogP contribution in [0.3, 0.4) is 0 Å². The second kappa shape index (κ2) is 7.19. The lowest BCUT2D eigenvalue weighted by Crippen LogP contribution is -2.30. The summed E-state index contributed by atoms with van der Waals surface area (Å²) in [6, 6.07) is 9.63. The van der Waals surface area contributed by atoms with Crippen LogP contribution in [-0.2, 0) is 4.74 Å². The number of hydrogen-bond donors (Lipinski definition) is 2. The van der Waals surface area contributed by atoms with Gasteiger partial charge in [-0.3, -0.25) is 4.72 Å². The topological polar surface area (TPSA) is 45.6 Å². The van der Waals surface area contributed by atoms with Crippen molar-refractivity contribution in [1.29, 1.82) is 0 Å². The number of fused-ring (bicyclic) bond motifs is 1. The van der Waals surface area contributed by atoms with Crippen molar-refractivity contribution >= 4 is 23.6 Å². The fourth-order valence-electron chi connectivity index (χ4n) is 2.29. The summed E-state index contributed by atoms with van der Waals surface area (Å²) in [5.41, 5.74) is 1.51. The Bertz CT molecular complexity index is 782. The molecule has 2 aromatic rings. The van der Waals surface area contributed by atoms with Crippen LogP contribution in [0.2, 0.25) is 0 Å². The summed E-state index contributed by atoms with van der Waals surface area (Å²) in [6.45, 7) is 2.40. The van der Waals surface area contributed by atoms with E-state index in [4.69, 9.17) is 4.74 Å². The van der Waals surface area contributed by atoms with Gasteiger partial charge < -0.3 is 10.1 Å². The van der Waals surface area contributed by atoms with E-state index in [0.29, 0.717) is 23.8 Å². The molecule has 1 aliphatic heterocycles. The molecule has 0 saturated carbocycles. The van der Waals surface area contributed by atoms with E-state index in [1.54, 1.807) is 19.2 Å². The summed E-state index contributed by atoms with van der Waals surface area (Å²) in [5, 5.41) is 3.16. The molecule has 2 N–H and O–H groups in total. The van der Waals surface area contributed by atoms with Crippen molar-refractivity contribution in [2.45, 2.75) is 17.9 Å². The van der Waals surface area contributed by atoms with Crippen LogP contribution in [0.25, 0.3) is 11.1 Å². The summed E-state index contributed by atoms with van der Waals surface area (Å²) in [4.78, 5) is 5.29. The first-order chi connectivity index (χ1) is 11.6. The van der Waals surface area contributed by atoms with Gasteiger partial charge in [0.15, 0.2) is 11.6 Å². The molecule has 126 valence electrons. The number of anilines is 1. The average molecular weight is 349 g/mol. The van der Waals surface area contributed by atoms with Gasteiger partial charge in [0.25, 0.3) is 0 Å². The van der Waals surface area contributed by atoms with Crippen LogP contribution in [0.5, 0.6) is 0 Å². The summed E-state index contributed by atoms with van der Waals surface area (Å²) >= 11 is 1.37. The molecular weight excluding hydrogens is 332 g/mol. The lowest BCUT2D eigenvalue weighted by molar-refractivity contribution is 0.125. The van der Waals surface area contributed by atoms with E-state index in [1.807, 2.05) is 19.1 Å². The van der Waals surface area contributed by atoms with Crippen LogP contribution in [-0.4, -0.2) is 25.7 Å². The number of nitrogens with zero attached hydrogens (tertiary/aromatic N) is 1. The molecule has 0 aliphatic carbocycles. The van der Waals surface area contributed by atoms with Crippen LogP contribution in [0.15, 0.2) is 46.3 Å². The van der Waals surface area contributed by atoms with Gasteiger partial charge in [-0.25, -0.2) is 13.8 Å². The fourth-order valence-corrected chi connectivity index (χ4v) is 3.03. The third-order valence-corrected chi connectivity index (χ3v) is 4.53. The highest BCUT2D eigenvalue weighted by atomic mass is 32.2. The number of para-hydroxylation sites is 1. The van der Waals surface area contributed by atoms with Gasteiger partial charge >= 0.3 is 0 Å². The minimum absolute atomic E-state index is 0.0107. The van der Waals surface area contributed by atoms with Crippen molar-refractivity contribution in [1.82, 2.24) is 4.72 Å². The Labute approximate surface area is 143 Å². The average Bonchev–Trinajstić information content (AvgIpc) is 2.61. The number of guanidine groups is 1. The van der Waals surface area contributed by atoms with Crippen LogP contribution in [0.1, 0.15) is 6.92 Å². The molecule has 0 unspecified atom stereocenters. The maximum atomic E-state index is 14.2. The summed E-state index contributed by atoms with van der Waals surface area (Å²) in [6.07, 6.45) is -0.0107. The van der Waals surface area contributed by atoms with E-state index in [2.05, 4.69) is 15.0 Å². The maximum Gasteiger partial charge on any atom is 0.206 e. The van der Waals surface area contributed by atoms with E-state index < -0.39 is 11.6 Å². The number of aliphatic imine (C=N–C) groups is 1. The van der Waals surface area contributed by atoms with Gasteiger partial charge in [0, 0.05) is 18.2 Å². The van der Waals surface area contributed by atoms with Crippen LogP contribution in [0, 0.1) is 11.6 Å². The van der Waals surface area contributed by atoms with Gasteiger partial charge in [-0.15, -0.1) is 0 Å². The van der Waals surface area contributed by atoms with Gasteiger partial charge in [0.2, 0.25) is 5.96 Å². The number of benzene rings is 2. The van der Waals surface area contributed by atoms with Crippen molar-refractivity contribution < 1.29 is 13.5 Å². The molecule has 0 bridgehead atoms. The van der Waals surface area contributed by atoms with Gasteiger partial charge in [-0.2, -0.15) is 0 Å². The highest BCUT2D eigenvalue weighted by molar-refractivity contribution is 7.98. The zero-order valence-corrected chi connectivity index (χ0v) is 14.1. The molecule has 0 amide bonds. The molecule has 7 heteroatoms. The Morgan fingerprint density at radius 2 is 1.92 bits per heavy atom. The molecular formula is C17H17F2N3OS. The van der Waals surface area contributed by atoms with Crippen molar-refractivity contribution in [3.8, 4) is 11.1 Å². The van der Waals surface area contributed by atoms with Crippen LogP contribution < -0.4 is 10.0 Å². The zero-order chi connectivity index (χ0) is 17.1. The van der Waals surface area contributed by atoms with E-state index in [0.717, 1.165) is 11.0 Å². The van der Waals surface area contributed by atoms with Gasteiger partial charge in [-0.05, 0) is 31.0 Å². The van der Waals surface area contributed by atoms with Gasteiger partial charge in [-0.1, -0.05) is 24.3 Å². The lowest BCUT2D eigenvalue weighted by atomic mass is 10.0. The fraction of sp³-hybridized carbons (Fsp3) is 0.235. The first-order valence-corrected chi connectivity index (χ1v) is 8.26. The molecule has 3 rings (SSSR count). The van der Waals surface area contributed by atoms with Crippen molar-refractivity contribution in [2.75, 3.05) is 19.0 Å². The summed E-state index contributed by atoms with van der Waals surface area (Å²) < 4.78 is 36.0. The zero-order valence-electron chi connectivity index (χ0n) is 13.3. The first kappa shape index (κ1) is 16.7. The quantitative estimate of drug-likeness (QED) is 0.818. The highest BCUT2D eigenvalue weighted by Gasteiger charge is 2.20. The van der Waals surface area contributed by atoms with Gasteiger partial charge in [0.1, 0.15) is 0 Å². The first-order valence-electron chi connectivity index (χ1n) is 7.44. The molecule has 0 radical (unpaired) electrons. The molecule has 1 atom stereocenters. The van der Waals surface area contributed by atoms with E-state index in [1.165, 1.54) is 18.0 Å². The Morgan fingerprint density at radius 1 is 1.17 bits per heavy atom. The summed E-state index contributed by atoms with van der Waals surface area (Å²) in [5.74, 6) is -1.17. The lowest BCUT2D eigenvalue weighted by Gasteiger charge is -2.23. The number of hydrogen-bond acceptors (Lipinski definition) is 3. The third kappa shape index (κ3) is 3.37. The second-order valence-electron chi connectivity index (χ2n) is 5.34. The Hall–Kier alpha value is -2.12. The maximum absolute atomic E-state index is 14.2. The second-order valence-corrected chi connectivity index (χ2v) is 6.19. The Kier molecular flexibility index (Phi) is 5.01. The van der Waals surface area contributed by atoms with Crippen LogP contribution >= 0.6 is 11.9 Å². The normalized spacial score (nSPS) is 16.2. The monoisotopic (exact) mass is 349 g/mol. The molecule has 0 saturated heterocycles. The highest BCUT2D eigenvalue weighted by Crippen LogP contribution is 2.38. The predicted octanol–water partition coefficient (Wildman–Crippen LogP) is 4.04. The number of rotatable bonds is 4. The van der Waals surface area contributed by atoms with E-state index in [9.17, 15) is 8.78 Å². The van der Waals surface area contributed by atoms with Crippen LogP contribution in [0.4, 0.5) is 14.5 Å². The van der Waals surface area contributed by atoms with Crippen molar-refractivity contribution in [2.24, 2.45) is 4.99 Å². The van der Waals surface area contributed by atoms with E-state index >= 15 is 0 Å².